The fourth-order valence-electron chi connectivity index (χ4n) is 4.64. The summed E-state index contributed by atoms with van der Waals surface area (Å²) in [6.45, 7) is 6.13. The van der Waals surface area contributed by atoms with Crippen molar-refractivity contribution < 1.29 is 4.79 Å². The summed E-state index contributed by atoms with van der Waals surface area (Å²) < 4.78 is 0. The number of nitrogens with zero attached hydrogens (tertiary/aromatic N) is 3. The van der Waals surface area contributed by atoms with Gasteiger partial charge in [-0.25, -0.2) is 9.97 Å². The van der Waals surface area contributed by atoms with E-state index in [2.05, 4.69) is 72.3 Å². The molecule has 4 nitrogen and oxygen atoms in total. The summed E-state index contributed by atoms with van der Waals surface area (Å²) in [6, 6.07) is 17.3. The van der Waals surface area contributed by atoms with Crippen molar-refractivity contribution in [2.45, 2.75) is 51.5 Å². The number of hydrogen-bond donors (Lipinski definition) is 0. The molecule has 2 heterocycles. The molecule has 4 heteroatoms. The van der Waals surface area contributed by atoms with E-state index in [1.807, 2.05) is 0 Å². The van der Waals surface area contributed by atoms with Crippen LogP contribution >= 0.6 is 0 Å². The van der Waals surface area contributed by atoms with Crippen molar-refractivity contribution in [1.29, 1.82) is 0 Å². The lowest BCUT2D eigenvalue weighted by Gasteiger charge is -2.30. The van der Waals surface area contributed by atoms with Crippen LogP contribution in [0.5, 0.6) is 0 Å². The van der Waals surface area contributed by atoms with Gasteiger partial charge in [-0.3, -0.25) is 4.79 Å². The highest BCUT2D eigenvalue weighted by molar-refractivity contribution is 5.98. The van der Waals surface area contributed by atoms with E-state index in [0.717, 1.165) is 37.6 Å². The smallest absolute Gasteiger partial charge is 0.225 e. The summed E-state index contributed by atoms with van der Waals surface area (Å²) in [7, 11) is 0. The van der Waals surface area contributed by atoms with Gasteiger partial charge in [-0.05, 0) is 46.9 Å². The molecule has 0 amide bonds. The van der Waals surface area contributed by atoms with E-state index in [4.69, 9.17) is 4.98 Å². The number of carbonyl (C=O) groups excluding carboxylic acids is 1. The monoisotopic (exact) mass is 397 g/mol. The molecule has 1 aliphatic carbocycles. The molecule has 1 aliphatic heterocycles. The van der Waals surface area contributed by atoms with Crippen molar-refractivity contribution in [3.05, 3.63) is 88.2 Å². The van der Waals surface area contributed by atoms with Crippen molar-refractivity contribution in [3.63, 3.8) is 0 Å². The highest BCUT2D eigenvalue weighted by Crippen LogP contribution is 2.33. The fraction of sp³-hybridized carbons (Fsp3) is 0.346. The lowest BCUT2D eigenvalue weighted by Crippen LogP contribution is -2.32. The number of anilines is 1. The zero-order valence-electron chi connectivity index (χ0n) is 17.6. The number of carbonyl (C=O) groups is 1. The van der Waals surface area contributed by atoms with Crippen LogP contribution in [0.2, 0.25) is 0 Å². The Kier molecular flexibility index (Phi) is 4.86. The third-order valence-electron chi connectivity index (χ3n) is 6.51. The Morgan fingerprint density at radius 3 is 2.53 bits per heavy atom. The quantitative estimate of drug-likeness (QED) is 0.619. The number of aromatic nitrogens is 2. The molecule has 0 radical (unpaired) electrons. The van der Waals surface area contributed by atoms with Crippen LogP contribution < -0.4 is 4.90 Å². The minimum Gasteiger partial charge on any atom is -0.336 e. The molecular weight excluding hydrogens is 370 g/mol. The third-order valence-corrected chi connectivity index (χ3v) is 6.51. The normalized spacial score (nSPS) is 18.3. The molecule has 1 atom stereocenters. The maximum absolute atomic E-state index is 12.8. The van der Waals surface area contributed by atoms with Gasteiger partial charge in [0, 0.05) is 25.7 Å². The predicted octanol–water partition coefficient (Wildman–Crippen LogP) is 5.08. The van der Waals surface area contributed by atoms with Gasteiger partial charge in [0.05, 0.1) is 11.3 Å². The van der Waals surface area contributed by atoms with Gasteiger partial charge in [0.15, 0.2) is 5.78 Å². The van der Waals surface area contributed by atoms with Crippen molar-refractivity contribution in [3.8, 4) is 0 Å². The molecule has 5 rings (SSSR count). The van der Waals surface area contributed by atoms with E-state index in [-0.39, 0.29) is 11.7 Å². The second kappa shape index (κ2) is 7.67. The molecule has 0 N–H and O–H groups in total. The Balaban J connectivity index is 1.40. The van der Waals surface area contributed by atoms with Gasteiger partial charge < -0.3 is 4.90 Å². The maximum atomic E-state index is 12.8. The first-order valence-electron chi connectivity index (χ1n) is 10.9. The number of fused-ring (bicyclic) bond motifs is 2. The zero-order chi connectivity index (χ0) is 20.7. The summed E-state index contributed by atoms with van der Waals surface area (Å²) >= 11 is 0. The van der Waals surface area contributed by atoms with Gasteiger partial charge in [0.2, 0.25) is 5.95 Å². The molecular formula is C26H27N3O. The first kappa shape index (κ1) is 19.0. The SMILES string of the molecule is CC(C)c1ccc([C@@H]2CC(=O)c3cnc(N4CCc5ccccc5C4)nc3C2)cc1. The van der Waals surface area contributed by atoms with Crippen LogP contribution in [0, 0.1) is 0 Å². The van der Waals surface area contributed by atoms with Crippen molar-refractivity contribution in [1.82, 2.24) is 9.97 Å². The summed E-state index contributed by atoms with van der Waals surface area (Å²) in [4.78, 5) is 24.5. The average Bonchev–Trinajstić information content (AvgIpc) is 2.78. The summed E-state index contributed by atoms with van der Waals surface area (Å²) in [5.74, 6) is 1.60. The van der Waals surface area contributed by atoms with Crippen LogP contribution in [0.15, 0.2) is 54.7 Å². The van der Waals surface area contributed by atoms with E-state index < -0.39 is 0 Å². The molecule has 1 aromatic heterocycles. The molecule has 3 aromatic rings. The summed E-state index contributed by atoms with van der Waals surface area (Å²) in [5.41, 5.74) is 6.90. The molecule has 0 saturated heterocycles. The largest absolute Gasteiger partial charge is 0.336 e. The number of hydrogen-bond acceptors (Lipinski definition) is 4. The summed E-state index contributed by atoms with van der Waals surface area (Å²) in [6.07, 6.45) is 4.08. The Hall–Kier alpha value is -3.01. The van der Waals surface area contributed by atoms with Gasteiger partial charge in [0.25, 0.3) is 0 Å². The Morgan fingerprint density at radius 2 is 1.77 bits per heavy atom. The molecule has 152 valence electrons. The van der Waals surface area contributed by atoms with E-state index in [1.165, 1.54) is 22.3 Å². The lowest BCUT2D eigenvalue weighted by atomic mass is 9.81. The molecule has 2 aromatic carbocycles. The van der Waals surface area contributed by atoms with Crippen molar-refractivity contribution in [2.24, 2.45) is 0 Å². The minimum atomic E-state index is 0.157. The lowest BCUT2D eigenvalue weighted by molar-refractivity contribution is 0.0962. The van der Waals surface area contributed by atoms with E-state index in [9.17, 15) is 4.79 Å². The topological polar surface area (TPSA) is 46.1 Å². The Bertz CT molecular complexity index is 1090. The molecule has 2 aliphatic rings. The van der Waals surface area contributed by atoms with Crippen LogP contribution in [0.25, 0.3) is 0 Å². The molecule has 0 spiro atoms. The number of Topliss-reactive ketones (excluding diaryl/α,β-unsaturated/α-hetero) is 1. The van der Waals surface area contributed by atoms with Crippen LogP contribution in [-0.4, -0.2) is 22.3 Å². The van der Waals surface area contributed by atoms with E-state index in [1.54, 1.807) is 6.20 Å². The standard InChI is InChI=1S/C26H27N3O/c1-17(2)18-7-9-20(10-8-18)22-13-24-23(25(30)14-22)15-27-26(28-24)29-12-11-19-5-3-4-6-21(19)16-29/h3-10,15,17,22H,11-14,16H2,1-2H3/t22-/m0/s1. The third kappa shape index (κ3) is 3.51. The number of rotatable bonds is 3. The average molecular weight is 398 g/mol. The van der Waals surface area contributed by atoms with Crippen LogP contribution in [0.1, 0.15) is 70.4 Å². The second-order valence-corrected chi connectivity index (χ2v) is 8.82. The van der Waals surface area contributed by atoms with Crippen LogP contribution in [-0.2, 0) is 19.4 Å². The Labute approximate surface area is 178 Å². The molecule has 0 bridgehead atoms. The highest BCUT2D eigenvalue weighted by Gasteiger charge is 2.29. The number of ketones is 1. The van der Waals surface area contributed by atoms with Gasteiger partial charge in [0.1, 0.15) is 0 Å². The van der Waals surface area contributed by atoms with Crippen LogP contribution in [0.3, 0.4) is 0 Å². The predicted molar refractivity (Wildman–Crippen MR) is 119 cm³/mol. The second-order valence-electron chi connectivity index (χ2n) is 8.82. The van der Waals surface area contributed by atoms with E-state index >= 15 is 0 Å². The maximum Gasteiger partial charge on any atom is 0.225 e. The van der Waals surface area contributed by atoms with Gasteiger partial charge in [-0.15, -0.1) is 0 Å². The molecule has 30 heavy (non-hydrogen) atoms. The highest BCUT2D eigenvalue weighted by atomic mass is 16.1. The van der Waals surface area contributed by atoms with Crippen molar-refractivity contribution >= 4 is 11.7 Å². The first-order valence-corrected chi connectivity index (χ1v) is 10.9. The molecule has 0 fully saturated rings. The van der Waals surface area contributed by atoms with Gasteiger partial charge in [-0.2, -0.15) is 0 Å². The zero-order valence-corrected chi connectivity index (χ0v) is 17.6. The van der Waals surface area contributed by atoms with E-state index in [0.29, 0.717) is 17.9 Å². The first-order chi connectivity index (χ1) is 14.6. The van der Waals surface area contributed by atoms with Crippen LogP contribution in [0.4, 0.5) is 5.95 Å². The molecule has 0 unspecified atom stereocenters. The van der Waals surface area contributed by atoms with Crippen molar-refractivity contribution in [2.75, 3.05) is 11.4 Å². The molecule has 0 saturated carbocycles. The minimum absolute atomic E-state index is 0.157. The number of benzene rings is 2. The summed E-state index contributed by atoms with van der Waals surface area (Å²) in [5, 5.41) is 0. The van der Waals surface area contributed by atoms with Gasteiger partial charge in [-0.1, -0.05) is 62.4 Å². The Morgan fingerprint density at radius 1 is 1.00 bits per heavy atom. The fourth-order valence-corrected chi connectivity index (χ4v) is 4.64. The van der Waals surface area contributed by atoms with Gasteiger partial charge >= 0.3 is 0 Å².